The molecular weight excluding hydrogens is 353 g/mol. The maximum Gasteiger partial charge on any atom is 0.191 e. The van der Waals surface area contributed by atoms with Gasteiger partial charge in [-0.15, -0.1) is 24.0 Å². The van der Waals surface area contributed by atoms with Crippen molar-refractivity contribution in [3.63, 3.8) is 0 Å². The summed E-state index contributed by atoms with van der Waals surface area (Å²) in [6.45, 7) is 12.9. The second-order valence-electron chi connectivity index (χ2n) is 5.30. The Hall–Kier alpha value is -0.790. The number of nitrogens with zero attached hydrogens (tertiary/aromatic N) is 3. The number of aliphatic imine (C=N–C) groups is 1. The van der Waals surface area contributed by atoms with Crippen molar-refractivity contribution in [2.75, 3.05) is 13.1 Å². The Bertz CT molecular complexity index is 392. The van der Waals surface area contributed by atoms with Gasteiger partial charge in [0, 0.05) is 31.0 Å². The number of hydrogen-bond acceptors (Lipinski definition) is 2. The summed E-state index contributed by atoms with van der Waals surface area (Å²) in [6, 6.07) is 0. The largest absolute Gasteiger partial charge is 0.357 e. The molecule has 0 radical (unpaired) electrons. The first-order valence-corrected chi connectivity index (χ1v) is 6.46. The molecule has 110 valence electrons. The van der Waals surface area contributed by atoms with Crippen LogP contribution in [0.1, 0.15) is 33.5 Å². The first-order chi connectivity index (χ1) is 8.42. The number of aromatic nitrogens is 2. The minimum absolute atomic E-state index is 0. The molecule has 0 atom stereocenters. The van der Waals surface area contributed by atoms with Crippen LogP contribution in [0.15, 0.2) is 17.4 Å². The van der Waals surface area contributed by atoms with Crippen molar-refractivity contribution < 1.29 is 0 Å². The summed E-state index contributed by atoms with van der Waals surface area (Å²) in [6.07, 6.45) is 3.80. The summed E-state index contributed by atoms with van der Waals surface area (Å²) < 4.78 is 2.10. The van der Waals surface area contributed by atoms with Crippen molar-refractivity contribution in [1.82, 2.24) is 20.2 Å². The Kier molecular flexibility index (Phi) is 8.05. The Morgan fingerprint density at radius 3 is 2.58 bits per heavy atom. The third kappa shape index (κ3) is 7.39. The summed E-state index contributed by atoms with van der Waals surface area (Å²) in [4.78, 5) is 8.75. The van der Waals surface area contributed by atoms with Gasteiger partial charge in [-0.2, -0.15) is 0 Å². The van der Waals surface area contributed by atoms with Crippen molar-refractivity contribution in [2.24, 2.45) is 4.99 Å². The van der Waals surface area contributed by atoms with Crippen LogP contribution in [0, 0.1) is 6.92 Å². The highest BCUT2D eigenvalue weighted by Crippen LogP contribution is 1.98. The van der Waals surface area contributed by atoms with E-state index in [1.54, 1.807) is 0 Å². The van der Waals surface area contributed by atoms with Crippen LogP contribution >= 0.6 is 24.0 Å². The van der Waals surface area contributed by atoms with E-state index >= 15 is 0 Å². The molecule has 1 aromatic rings. The topological polar surface area (TPSA) is 54.2 Å². The molecular formula is C13H26IN5. The third-order valence-corrected chi connectivity index (χ3v) is 2.37. The van der Waals surface area contributed by atoms with Crippen LogP contribution in [0.5, 0.6) is 0 Å². The number of guanidine groups is 1. The predicted molar refractivity (Wildman–Crippen MR) is 91.2 cm³/mol. The smallest absolute Gasteiger partial charge is 0.191 e. The van der Waals surface area contributed by atoms with E-state index in [0.717, 1.165) is 31.4 Å². The van der Waals surface area contributed by atoms with Crippen LogP contribution in [0.4, 0.5) is 0 Å². The molecule has 0 fully saturated rings. The molecule has 1 aromatic heterocycles. The molecule has 0 bridgehead atoms. The molecule has 2 N–H and O–H groups in total. The van der Waals surface area contributed by atoms with E-state index in [0.29, 0.717) is 0 Å². The number of rotatable bonds is 4. The van der Waals surface area contributed by atoms with Crippen molar-refractivity contribution in [2.45, 2.75) is 46.7 Å². The maximum atomic E-state index is 4.56. The van der Waals surface area contributed by atoms with E-state index in [2.05, 4.69) is 52.9 Å². The number of hydrogen-bond donors (Lipinski definition) is 2. The van der Waals surface area contributed by atoms with Gasteiger partial charge in [-0.3, -0.25) is 4.99 Å². The van der Waals surface area contributed by atoms with E-state index in [9.17, 15) is 0 Å². The Morgan fingerprint density at radius 2 is 2.11 bits per heavy atom. The van der Waals surface area contributed by atoms with Crippen molar-refractivity contribution in [3.05, 3.63) is 18.2 Å². The molecule has 0 aromatic carbocycles. The summed E-state index contributed by atoms with van der Waals surface area (Å²) in [5.41, 5.74) is 0.0198. The molecule has 0 aliphatic rings. The molecule has 0 spiro atoms. The first-order valence-electron chi connectivity index (χ1n) is 6.46. The van der Waals surface area contributed by atoms with Crippen LogP contribution in [-0.4, -0.2) is 34.1 Å². The van der Waals surface area contributed by atoms with E-state index in [1.807, 2.05) is 19.3 Å². The normalized spacial score (nSPS) is 11.9. The molecule has 0 saturated heterocycles. The number of aryl methyl sites for hydroxylation is 1. The van der Waals surface area contributed by atoms with E-state index < -0.39 is 0 Å². The second-order valence-corrected chi connectivity index (χ2v) is 5.30. The van der Waals surface area contributed by atoms with E-state index in [4.69, 9.17) is 0 Å². The highest BCUT2D eigenvalue weighted by atomic mass is 127. The molecule has 0 amide bonds. The molecule has 0 aliphatic heterocycles. The van der Waals surface area contributed by atoms with Crippen molar-refractivity contribution >= 4 is 29.9 Å². The molecule has 0 aliphatic carbocycles. The van der Waals surface area contributed by atoms with Gasteiger partial charge in [-0.1, -0.05) is 0 Å². The minimum Gasteiger partial charge on any atom is -0.357 e. The van der Waals surface area contributed by atoms with E-state index in [-0.39, 0.29) is 29.5 Å². The molecule has 1 heterocycles. The fourth-order valence-electron chi connectivity index (χ4n) is 1.57. The quantitative estimate of drug-likeness (QED) is 0.479. The van der Waals surface area contributed by atoms with E-state index in [1.165, 1.54) is 0 Å². The summed E-state index contributed by atoms with van der Waals surface area (Å²) in [7, 11) is 0. The zero-order valence-electron chi connectivity index (χ0n) is 12.5. The minimum atomic E-state index is 0. The monoisotopic (exact) mass is 379 g/mol. The highest BCUT2D eigenvalue weighted by Gasteiger charge is 2.11. The number of imidazole rings is 1. The molecule has 0 unspecified atom stereocenters. The fourth-order valence-corrected chi connectivity index (χ4v) is 1.57. The van der Waals surface area contributed by atoms with Crippen LogP contribution < -0.4 is 10.6 Å². The van der Waals surface area contributed by atoms with Gasteiger partial charge >= 0.3 is 0 Å². The van der Waals surface area contributed by atoms with Gasteiger partial charge in [0.25, 0.3) is 0 Å². The molecule has 6 heteroatoms. The Balaban J connectivity index is 0.00000324. The average molecular weight is 379 g/mol. The van der Waals surface area contributed by atoms with Crippen molar-refractivity contribution in [3.8, 4) is 0 Å². The lowest BCUT2D eigenvalue weighted by Gasteiger charge is -2.23. The van der Waals surface area contributed by atoms with Crippen molar-refractivity contribution in [1.29, 1.82) is 0 Å². The summed E-state index contributed by atoms with van der Waals surface area (Å²) in [5, 5.41) is 6.61. The second kappa shape index (κ2) is 8.39. The lowest BCUT2D eigenvalue weighted by Crippen LogP contribution is -2.47. The summed E-state index contributed by atoms with van der Waals surface area (Å²) >= 11 is 0. The molecule has 19 heavy (non-hydrogen) atoms. The molecule has 5 nitrogen and oxygen atoms in total. The zero-order valence-corrected chi connectivity index (χ0v) is 14.9. The van der Waals surface area contributed by atoms with Gasteiger partial charge < -0.3 is 15.2 Å². The standard InChI is InChI=1S/C13H25N5.HI/c1-6-14-12(17-13(3,4)5)16-8-10-18-9-7-15-11(18)2;/h7,9H,6,8,10H2,1-5H3,(H2,14,16,17);1H. The van der Waals surface area contributed by atoms with Gasteiger partial charge in [-0.25, -0.2) is 4.98 Å². The van der Waals surface area contributed by atoms with Gasteiger partial charge in [0.1, 0.15) is 5.82 Å². The lowest BCUT2D eigenvalue weighted by molar-refractivity contribution is 0.501. The predicted octanol–water partition coefficient (Wildman–Crippen LogP) is 2.16. The first kappa shape index (κ1) is 18.2. The van der Waals surface area contributed by atoms with Gasteiger partial charge in [0.15, 0.2) is 5.96 Å². The summed E-state index contributed by atoms with van der Waals surface area (Å²) in [5.74, 6) is 1.89. The van der Waals surface area contributed by atoms with Crippen LogP contribution in [-0.2, 0) is 6.54 Å². The van der Waals surface area contributed by atoms with Crippen LogP contribution in [0.3, 0.4) is 0 Å². The third-order valence-electron chi connectivity index (χ3n) is 2.37. The molecule has 1 rings (SSSR count). The van der Waals surface area contributed by atoms with Crippen LogP contribution in [0.2, 0.25) is 0 Å². The molecule has 0 saturated carbocycles. The lowest BCUT2D eigenvalue weighted by atomic mass is 10.1. The average Bonchev–Trinajstić information content (AvgIpc) is 2.62. The van der Waals surface area contributed by atoms with Gasteiger partial charge in [-0.05, 0) is 34.6 Å². The Labute approximate surface area is 133 Å². The number of nitrogens with one attached hydrogen (secondary N) is 2. The fraction of sp³-hybridized carbons (Fsp3) is 0.692. The van der Waals surface area contributed by atoms with Gasteiger partial charge in [0.2, 0.25) is 0 Å². The highest BCUT2D eigenvalue weighted by molar-refractivity contribution is 14.0. The van der Waals surface area contributed by atoms with Gasteiger partial charge in [0.05, 0.1) is 6.54 Å². The SMILES string of the molecule is CCNC(=NCCn1ccnc1C)NC(C)(C)C.I. The Morgan fingerprint density at radius 1 is 1.42 bits per heavy atom. The maximum absolute atomic E-state index is 4.56. The zero-order chi connectivity index (χ0) is 13.6. The number of halogens is 1. The van der Waals surface area contributed by atoms with Crippen LogP contribution in [0.25, 0.3) is 0 Å².